The van der Waals surface area contributed by atoms with Crippen molar-refractivity contribution in [2.45, 2.75) is 184 Å². The SMILES string of the molecule is CCCC/C=C/C(O)C(COP(=O)(O)OC1C(O)C(O)C(O)C(O)C1O)NC(=O)CC(O)CCCCCCCCCC/C=C\C=C/CCCCC. The quantitative estimate of drug-likeness (QED) is 0.0227. The van der Waals surface area contributed by atoms with Gasteiger partial charge in [-0.05, 0) is 38.5 Å². The van der Waals surface area contributed by atoms with Gasteiger partial charge in [-0.25, -0.2) is 4.57 Å². The van der Waals surface area contributed by atoms with Gasteiger partial charge in [-0.2, -0.15) is 0 Å². The fourth-order valence-electron chi connectivity index (χ4n) is 5.74. The predicted octanol–water partition coefficient (Wildman–Crippen LogP) is 4.24. The fraction of sp³-hybridized carbons (Fsp3) is 0.811. The Balaban J connectivity index is 2.45. The van der Waals surface area contributed by atoms with Crippen LogP contribution in [0.15, 0.2) is 36.5 Å². The number of carbonyl (C=O) groups is 1. The van der Waals surface area contributed by atoms with Crippen molar-refractivity contribution in [2.75, 3.05) is 6.61 Å². The summed E-state index contributed by atoms with van der Waals surface area (Å²) in [5.41, 5.74) is 0. The maximum atomic E-state index is 12.8. The molecule has 1 aliphatic carbocycles. The van der Waals surface area contributed by atoms with Crippen LogP contribution in [-0.4, -0.2) is 108 Å². The number of unbranched alkanes of at least 4 members (excludes halogenated alkanes) is 13. The molecule has 8 atom stereocenters. The van der Waals surface area contributed by atoms with Gasteiger partial charge in [0, 0.05) is 0 Å². The summed E-state index contributed by atoms with van der Waals surface area (Å²) in [5.74, 6) is -0.609. The number of aliphatic hydroxyl groups excluding tert-OH is 7. The number of nitrogens with one attached hydrogen (secondary N) is 1. The van der Waals surface area contributed by atoms with Gasteiger partial charge in [0.15, 0.2) is 0 Å². The minimum Gasteiger partial charge on any atom is -0.393 e. The molecule has 9 N–H and O–H groups in total. The van der Waals surface area contributed by atoms with Gasteiger partial charge in [0.05, 0.1) is 31.3 Å². The molecule has 8 unspecified atom stereocenters. The van der Waals surface area contributed by atoms with Crippen molar-refractivity contribution in [3.05, 3.63) is 36.5 Å². The van der Waals surface area contributed by atoms with Crippen LogP contribution in [0.3, 0.4) is 0 Å². The Labute approximate surface area is 305 Å². The second-order valence-corrected chi connectivity index (χ2v) is 15.0. The first-order chi connectivity index (χ1) is 24.3. The topological polar surface area (TPSA) is 226 Å². The third kappa shape index (κ3) is 21.1. The summed E-state index contributed by atoms with van der Waals surface area (Å²) >= 11 is 0. The molecule has 0 aromatic carbocycles. The zero-order valence-electron chi connectivity index (χ0n) is 30.8. The molecule has 0 saturated heterocycles. The van der Waals surface area contributed by atoms with E-state index in [9.17, 15) is 50.0 Å². The van der Waals surface area contributed by atoms with Crippen LogP contribution < -0.4 is 5.32 Å². The van der Waals surface area contributed by atoms with Gasteiger partial charge >= 0.3 is 7.82 Å². The summed E-state index contributed by atoms with van der Waals surface area (Å²) in [5, 5.41) is 73.5. The molecular formula is C37H68NO12P. The summed E-state index contributed by atoms with van der Waals surface area (Å²) in [6, 6.07) is -1.24. The molecule has 0 radical (unpaired) electrons. The number of aliphatic hydroxyl groups is 7. The second kappa shape index (κ2) is 28.0. The molecule has 298 valence electrons. The van der Waals surface area contributed by atoms with Gasteiger partial charge in [-0.15, -0.1) is 0 Å². The van der Waals surface area contributed by atoms with E-state index in [0.29, 0.717) is 12.8 Å². The number of hydrogen-bond acceptors (Lipinski definition) is 11. The van der Waals surface area contributed by atoms with Gasteiger partial charge in [0.1, 0.15) is 36.6 Å². The molecular weight excluding hydrogens is 681 g/mol. The van der Waals surface area contributed by atoms with Crippen molar-refractivity contribution in [3.8, 4) is 0 Å². The highest BCUT2D eigenvalue weighted by atomic mass is 31.2. The number of rotatable bonds is 29. The third-order valence-electron chi connectivity index (χ3n) is 9.00. The second-order valence-electron chi connectivity index (χ2n) is 13.6. The average molecular weight is 750 g/mol. The number of allylic oxidation sites excluding steroid dienone is 5. The van der Waals surface area contributed by atoms with E-state index < -0.39 is 75.2 Å². The van der Waals surface area contributed by atoms with Gasteiger partial charge in [-0.1, -0.05) is 121 Å². The summed E-state index contributed by atoms with van der Waals surface area (Å²) in [7, 11) is -5.12. The number of hydrogen-bond donors (Lipinski definition) is 9. The summed E-state index contributed by atoms with van der Waals surface area (Å²) in [6.07, 6.45) is 14.9. The zero-order valence-corrected chi connectivity index (χ0v) is 31.6. The molecule has 0 bridgehead atoms. The maximum Gasteiger partial charge on any atom is 0.472 e. The molecule has 1 aliphatic rings. The fourth-order valence-corrected chi connectivity index (χ4v) is 6.71. The lowest BCUT2D eigenvalue weighted by Crippen LogP contribution is -2.64. The molecule has 0 aliphatic heterocycles. The normalized spacial score (nSPS) is 25.8. The van der Waals surface area contributed by atoms with Crippen molar-refractivity contribution < 1.29 is 59.0 Å². The summed E-state index contributed by atoms with van der Waals surface area (Å²) in [4.78, 5) is 23.1. The van der Waals surface area contributed by atoms with Crippen LogP contribution in [0.5, 0.6) is 0 Å². The number of amides is 1. The van der Waals surface area contributed by atoms with Crippen molar-refractivity contribution in [1.29, 1.82) is 0 Å². The van der Waals surface area contributed by atoms with Crippen LogP contribution in [0, 0.1) is 0 Å². The standard InChI is InChI=1S/C37H68NO12P/c1-3-5-7-9-10-11-12-13-14-15-16-17-18-19-20-21-22-24-28(39)26-31(41)38-29(30(40)25-23-8-6-4-2)27-49-51(47,48)50-37-35(45)33(43)32(42)34(44)36(37)46/h10-13,23,25,28-30,32-37,39-40,42-46H,3-9,14-22,24,26-27H2,1-2H3,(H,38,41)(H,47,48)/b11-10-,13-12-,25-23+. The number of carbonyl (C=O) groups excluding carboxylic acids is 1. The molecule has 1 fully saturated rings. The Morgan fingerprint density at radius 1 is 0.706 bits per heavy atom. The van der Waals surface area contributed by atoms with Crippen LogP contribution in [0.25, 0.3) is 0 Å². The highest BCUT2D eigenvalue weighted by molar-refractivity contribution is 7.47. The molecule has 1 amide bonds. The lowest BCUT2D eigenvalue weighted by molar-refractivity contribution is -0.220. The van der Waals surface area contributed by atoms with E-state index in [4.69, 9.17) is 9.05 Å². The van der Waals surface area contributed by atoms with E-state index >= 15 is 0 Å². The largest absolute Gasteiger partial charge is 0.472 e. The molecule has 1 saturated carbocycles. The Bertz CT molecular complexity index is 1030. The molecule has 0 aromatic rings. The zero-order chi connectivity index (χ0) is 38.1. The average Bonchev–Trinajstić information content (AvgIpc) is 3.09. The maximum absolute atomic E-state index is 12.8. The van der Waals surface area contributed by atoms with Crippen molar-refractivity contribution in [3.63, 3.8) is 0 Å². The summed E-state index contributed by atoms with van der Waals surface area (Å²) < 4.78 is 22.5. The van der Waals surface area contributed by atoms with Gasteiger partial charge < -0.3 is 46.0 Å². The predicted molar refractivity (Wildman–Crippen MR) is 197 cm³/mol. The molecule has 51 heavy (non-hydrogen) atoms. The highest BCUT2D eigenvalue weighted by Crippen LogP contribution is 2.47. The van der Waals surface area contributed by atoms with Crippen LogP contribution in [0.4, 0.5) is 0 Å². The first kappa shape index (κ1) is 47.5. The molecule has 0 spiro atoms. The van der Waals surface area contributed by atoms with Crippen molar-refractivity contribution in [2.24, 2.45) is 0 Å². The van der Waals surface area contributed by atoms with Crippen LogP contribution in [0.2, 0.25) is 0 Å². The lowest BCUT2D eigenvalue weighted by atomic mass is 9.85. The minimum absolute atomic E-state index is 0.252. The minimum atomic E-state index is -5.12. The first-order valence-electron chi connectivity index (χ1n) is 19.0. The van der Waals surface area contributed by atoms with Gasteiger partial charge in [0.2, 0.25) is 5.91 Å². The van der Waals surface area contributed by atoms with E-state index in [1.807, 2.05) is 6.92 Å². The van der Waals surface area contributed by atoms with E-state index in [1.165, 1.54) is 51.0 Å². The molecule has 0 aromatic heterocycles. The van der Waals surface area contributed by atoms with Crippen molar-refractivity contribution in [1.82, 2.24) is 5.32 Å². The molecule has 14 heteroatoms. The lowest BCUT2D eigenvalue weighted by Gasteiger charge is -2.41. The first-order valence-corrected chi connectivity index (χ1v) is 20.5. The van der Waals surface area contributed by atoms with E-state index in [0.717, 1.165) is 51.4 Å². The van der Waals surface area contributed by atoms with Gasteiger partial charge in [0.25, 0.3) is 0 Å². The summed E-state index contributed by atoms with van der Waals surface area (Å²) in [6.45, 7) is 3.47. The number of phosphoric ester groups is 1. The Kier molecular flexibility index (Phi) is 26.1. The molecule has 0 heterocycles. The van der Waals surface area contributed by atoms with Crippen molar-refractivity contribution >= 4 is 13.7 Å². The Morgan fingerprint density at radius 3 is 1.76 bits per heavy atom. The highest BCUT2D eigenvalue weighted by Gasteiger charge is 2.51. The van der Waals surface area contributed by atoms with E-state index in [1.54, 1.807) is 6.08 Å². The monoisotopic (exact) mass is 749 g/mol. The smallest absolute Gasteiger partial charge is 0.393 e. The Morgan fingerprint density at radius 2 is 1.20 bits per heavy atom. The van der Waals surface area contributed by atoms with E-state index in [2.05, 4.69) is 36.5 Å². The van der Waals surface area contributed by atoms with Crippen LogP contribution in [0.1, 0.15) is 129 Å². The van der Waals surface area contributed by atoms with Gasteiger partial charge in [-0.3, -0.25) is 13.8 Å². The number of phosphoric acid groups is 1. The molecule has 1 rings (SSSR count). The van der Waals surface area contributed by atoms with Crippen LogP contribution in [-0.2, 0) is 18.4 Å². The van der Waals surface area contributed by atoms with E-state index in [-0.39, 0.29) is 6.42 Å². The third-order valence-corrected chi connectivity index (χ3v) is 9.98. The van der Waals surface area contributed by atoms with Crippen LogP contribution >= 0.6 is 7.82 Å². The molecule has 13 nitrogen and oxygen atoms in total. The Hall–Kier alpha value is -1.48.